The monoisotopic (exact) mass is 624 g/mol. The van der Waals surface area contributed by atoms with Crippen LogP contribution in [0.5, 0.6) is 0 Å². The summed E-state index contributed by atoms with van der Waals surface area (Å²) in [5.74, 6) is -2.66. The number of fused-ring (bicyclic) bond motifs is 1. The van der Waals surface area contributed by atoms with Gasteiger partial charge in [0.2, 0.25) is 5.91 Å². The largest absolute Gasteiger partial charge is 0.468 e. The fourth-order valence-corrected chi connectivity index (χ4v) is 11.5. The van der Waals surface area contributed by atoms with Crippen molar-refractivity contribution in [1.29, 1.82) is 0 Å². The highest BCUT2D eigenvalue weighted by Gasteiger charge is 2.52. The lowest BCUT2D eigenvalue weighted by molar-refractivity contribution is -0.168. The minimum Gasteiger partial charge on any atom is -0.468 e. The second-order valence-electron chi connectivity index (χ2n) is 12.8. The lowest BCUT2D eigenvalue weighted by Crippen LogP contribution is -2.66. The number of ether oxygens (including phenoxy) is 1. The Hall–Kier alpha value is -3.98. The molecule has 3 atom stereocenters. The number of benzene rings is 3. The minimum atomic E-state index is -2.88. The fraction of sp³-hybridized carbons (Fsp3) is 0.351. The minimum absolute atomic E-state index is 0.211. The predicted octanol–water partition coefficient (Wildman–Crippen LogP) is 5.19. The average Bonchev–Trinajstić information content (AvgIpc) is 3.46. The maximum absolute atomic E-state index is 14.0. The number of hydrogen-bond acceptors (Lipinski definition) is 5. The lowest BCUT2D eigenvalue weighted by atomic mass is 9.78. The van der Waals surface area contributed by atoms with Gasteiger partial charge in [0, 0.05) is 36.0 Å². The third kappa shape index (κ3) is 6.27. The molecule has 1 saturated heterocycles. The van der Waals surface area contributed by atoms with Crippen molar-refractivity contribution in [3.8, 4) is 0 Å². The molecule has 3 aromatic carbocycles. The maximum Gasteiger partial charge on any atom is 0.318 e. The summed E-state index contributed by atoms with van der Waals surface area (Å²) in [4.78, 5) is 31.9. The van der Waals surface area contributed by atoms with Crippen molar-refractivity contribution in [2.45, 2.75) is 51.8 Å². The highest BCUT2D eigenvalue weighted by molar-refractivity contribution is 6.99. The van der Waals surface area contributed by atoms with E-state index in [9.17, 15) is 14.7 Å². The third-order valence-corrected chi connectivity index (χ3v) is 14.2. The van der Waals surface area contributed by atoms with Gasteiger partial charge >= 0.3 is 5.97 Å². The number of aliphatic hydroxyl groups excluding tert-OH is 1. The quantitative estimate of drug-likeness (QED) is 0.110. The van der Waals surface area contributed by atoms with Crippen LogP contribution in [0.25, 0.3) is 10.9 Å². The van der Waals surface area contributed by atoms with Crippen molar-refractivity contribution in [2.24, 2.45) is 11.8 Å². The molecule has 7 nitrogen and oxygen atoms in total. The highest BCUT2D eigenvalue weighted by atomic mass is 28.4. The fourth-order valence-electron chi connectivity index (χ4n) is 6.94. The molecular weight excluding hydrogens is 581 g/mol. The molecule has 1 unspecified atom stereocenters. The van der Waals surface area contributed by atoms with E-state index in [-0.39, 0.29) is 24.6 Å². The van der Waals surface area contributed by atoms with Crippen molar-refractivity contribution in [2.75, 3.05) is 20.3 Å². The van der Waals surface area contributed by atoms with E-state index in [0.29, 0.717) is 6.42 Å². The van der Waals surface area contributed by atoms with Gasteiger partial charge < -0.3 is 24.2 Å². The van der Waals surface area contributed by atoms with Gasteiger partial charge in [-0.1, -0.05) is 106 Å². The number of aromatic amines is 1. The molecule has 4 aromatic rings. The summed E-state index contributed by atoms with van der Waals surface area (Å²) in [6, 6.07) is 28.7. The summed E-state index contributed by atoms with van der Waals surface area (Å²) in [6.45, 7) is 9.05. The smallest absolute Gasteiger partial charge is 0.318 e. The molecule has 2 heterocycles. The molecule has 0 spiro atoms. The molecule has 0 aliphatic carbocycles. The average molecular weight is 625 g/mol. The van der Waals surface area contributed by atoms with E-state index in [1.54, 1.807) is 0 Å². The number of aromatic nitrogens is 1. The van der Waals surface area contributed by atoms with Gasteiger partial charge in [-0.15, -0.1) is 0 Å². The number of methoxy groups -OCH3 is 1. The number of H-pyrrole nitrogens is 1. The SMILES string of the molecule is C/C=C(/CO[Si](c1ccccc1)(c1ccccc1)C(C)(C)C)[C@@H]1CC(O)N(CCc2c[nH]c3ccccc23)C(=O)[C@H]1C(=O)OC. The molecule has 1 aliphatic rings. The molecule has 1 aliphatic heterocycles. The van der Waals surface area contributed by atoms with Crippen molar-refractivity contribution in [1.82, 2.24) is 9.88 Å². The van der Waals surface area contributed by atoms with E-state index in [4.69, 9.17) is 9.16 Å². The Morgan fingerprint density at radius 3 is 2.18 bits per heavy atom. The number of para-hydroxylation sites is 1. The van der Waals surface area contributed by atoms with Crippen molar-refractivity contribution < 1.29 is 23.9 Å². The first-order chi connectivity index (χ1) is 21.6. The first-order valence-electron chi connectivity index (χ1n) is 15.6. The number of nitrogens with one attached hydrogen (secondary N) is 1. The van der Waals surface area contributed by atoms with Gasteiger partial charge in [0.1, 0.15) is 12.1 Å². The molecule has 8 heteroatoms. The van der Waals surface area contributed by atoms with E-state index in [1.165, 1.54) is 12.0 Å². The van der Waals surface area contributed by atoms with Crippen molar-refractivity contribution >= 4 is 41.5 Å². The summed E-state index contributed by atoms with van der Waals surface area (Å²) >= 11 is 0. The van der Waals surface area contributed by atoms with E-state index in [1.807, 2.05) is 79.9 Å². The van der Waals surface area contributed by atoms with Gasteiger partial charge in [-0.25, -0.2) is 0 Å². The molecule has 236 valence electrons. The standard InChI is InChI=1S/C37H44N2O5Si/c1-6-26(25-44-45(37(2,3)4,28-15-9-7-10-16-28)29-17-11-8-12-18-29)31-23-33(40)39(35(41)34(31)36(42)43-5)22-21-27-24-38-32-20-14-13-19-30(27)32/h6-20,24,31,33-34,38,40H,21-23,25H2,1-5H3/b26-6-/t31-,33?,34-/m0/s1. The summed E-state index contributed by atoms with van der Waals surface area (Å²) < 4.78 is 12.4. The van der Waals surface area contributed by atoms with E-state index in [0.717, 1.165) is 32.4 Å². The molecule has 45 heavy (non-hydrogen) atoms. The summed E-state index contributed by atoms with van der Waals surface area (Å²) in [6.07, 6.45) is 3.57. The van der Waals surface area contributed by atoms with Crippen LogP contribution in [-0.2, 0) is 25.2 Å². The molecular formula is C37H44N2O5Si. The van der Waals surface area contributed by atoms with Crippen LogP contribution in [0.15, 0.2) is 103 Å². The number of rotatable bonds is 10. The number of amides is 1. The van der Waals surface area contributed by atoms with E-state index >= 15 is 0 Å². The number of hydrogen-bond donors (Lipinski definition) is 2. The Bertz CT molecular complexity index is 1600. The topological polar surface area (TPSA) is 91.9 Å². The van der Waals surface area contributed by atoms with Gasteiger partial charge in [0.25, 0.3) is 8.32 Å². The summed E-state index contributed by atoms with van der Waals surface area (Å²) in [5, 5.41) is 14.5. The molecule has 0 bridgehead atoms. The van der Waals surface area contributed by atoms with Crippen molar-refractivity contribution in [3.63, 3.8) is 0 Å². The number of aliphatic hydroxyl groups is 1. The number of nitrogens with zero attached hydrogens (tertiary/aromatic N) is 1. The van der Waals surface area contributed by atoms with Crippen LogP contribution in [0.3, 0.4) is 0 Å². The molecule has 1 aromatic heterocycles. The van der Waals surface area contributed by atoms with Crippen LogP contribution in [0.2, 0.25) is 5.04 Å². The van der Waals surface area contributed by atoms with Gasteiger partial charge in [0.15, 0.2) is 0 Å². The number of allylic oxidation sites excluding steroid dienone is 1. The lowest BCUT2D eigenvalue weighted by Gasteiger charge is -2.45. The second-order valence-corrected chi connectivity index (χ2v) is 17.1. The Kier molecular flexibility index (Phi) is 9.77. The molecule has 2 N–H and O–H groups in total. The third-order valence-electron chi connectivity index (χ3n) is 9.25. The van der Waals surface area contributed by atoms with Crippen LogP contribution in [0.4, 0.5) is 0 Å². The normalized spacial score (nSPS) is 19.6. The zero-order valence-corrected chi connectivity index (χ0v) is 27.8. The Balaban J connectivity index is 1.43. The molecule has 1 amide bonds. The van der Waals surface area contributed by atoms with Gasteiger partial charge in [-0.2, -0.15) is 0 Å². The maximum atomic E-state index is 14.0. The molecule has 5 rings (SSSR count). The van der Waals surface area contributed by atoms with Gasteiger partial charge in [0.05, 0.1) is 13.7 Å². The van der Waals surface area contributed by atoms with Crippen LogP contribution in [0.1, 0.15) is 39.7 Å². The van der Waals surface area contributed by atoms with Crippen LogP contribution >= 0.6 is 0 Å². The van der Waals surface area contributed by atoms with E-state index < -0.39 is 38.3 Å². The zero-order chi connectivity index (χ0) is 32.2. The van der Waals surface area contributed by atoms with Crippen LogP contribution in [-0.4, -0.2) is 61.7 Å². The number of carbonyl (C=O) groups excluding carboxylic acids is 2. The second kappa shape index (κ2) is 13.6. The summed E-state index contributed by atoms with van der Waals surface area (Å²) in [5.41, 5.74) is 2.88. The first kappa shape index (κ1) is 32.4. The van der Waals surface area contributed by atoms with Gasteiger partial charge in [-0.05, 0) is 46.0 Å². The summed E-state index contributed by atoms with van der Waals surface area (Å²) in [7, 11) is -1.57. The van der Waals surface area contributed by atoms with Crippen LogP contribution < -0.4 is 10.4 Å². The first-order valence-corrected chi connectivity index (χ1v) is 17.5. The van der Waals surface area contributed by atoms with Crippen molar-refractivity contribution in [3.05, 3.63) is 108 Å². The molecule has 0 radical (unpaired) electrons. The van der Waals surface area contributed by atoms with E-state index in [2.05, 4.69) is 50.0 Å². The Labute approximate surface area is 267 Å². The molecule has 0 saturated carbocycles. The number of esters is 1. The molecule has 1 fully saturated rings. The number of piperidine rings is 1. The highest BCUT2D eigenvalue weighted by Crippen LogP contribution is 2.39. The Morgan fingerprint density at radius 2 is 1.60 bits per heavy atom. The van der Waals surface area contributed by atoms with Gasteiger partial charge in [-0.3, -0.25) is 9.59 Å². The van der Waals surface area contributed by atoms with Crippen LogP contribution in [0, 0.1) is 11.8 Å². The number of carbonyl (C=O) groups is 2. The predicted molar refractivity (Wildman–Crippen MR) is 181 cm³/mol. The zero-order valence-electron chi connectivity index (χ0n) is 26.8. The Morgan fingerprint density at radius 1 is 1.00 bits per heavy atom. The number of likely N-dealkylation sites (tertiary alicyclic amines) is 1.